The molecule has 0 saturated carbocycles. The van der Waals surface area contributed by atoms with Crippen molar-refractivity contribution in [3.8, 4) is 17.2 Å². The fraction of sp³-hybridized carbons (Fsp3) is 0.375. The highest BCUT2D eigenvalue weighted by atomic mass is 19.4. The number of rotatable bonds is 8. The molecule has 3 N–H and O–H groups in total. The van der Waals surface area contributed by atoms with Crippen molar-refractivity contribution in [3.63, 3.8) is 0 Å². The molecule has 0 aromatic heterocycles. The summed E-state index contributed by atoms with van der Waals surface area (Å²) >= 11 is 0. The lowest BCUT2D eigenvalue weighted by molar-refractivity contribution is -0.137. The number of nitrogens with one attached hydrogen (secondary N) is 2. The third-order valence-corrected chi connectivity index (χ3v) is 7.78. The van der Waals surface area contributed by atoms with Gasteiger partial charge in [-0.05, 0) is 62.0 Å². The van der Waals surface area contributed by atoms with E-state index >= 15 is 0 Å². The number of likely N-dealkylation sites (N-methyl/N-ethyl adjacent to an activating group) is 1. The molecule has 3 aromatic carbocycles. The van der Waals surface area contributed by atoms with Crippen LogP contribution in [0.25, 0.3) is 0 Å². The number of halogens is 3. The Bertz CT molecular complexity index is 1530. The zero-order valence-electron chi connectivity index (χ0n) is 25.1. The predicted molar refractivity (Wildman–Crippen MR) is 161 cm³/mol. The molecule has 3 amide bonds. The van der Waals surface area contributed by atoms with Gasteiger partial charge in [-0.3, -0.25) is 9.69 Å². The van der Waals surface area contributed by atoms with Crippen molar-refractivity contribution >= 4 is 23.3 Å². The maximum absolute atomic E-state index is 13.7. The number of benzene rings is 3. The molecule has 13 heteroatoms. The lowest BCUT2D eigenvalue weighted by atomic mass is 9.99. The van der Waals surface area contributed by atoms with E-state index in [0.29, 0.717) is 53.8 Å². The highest BCUT2D eigenvalue weighted by Crippen LogP contribution is 2.35. The molecule has 2 aliphatic heterocycles. The Morgan fingerprint density at radius 3 is 2.33 bits per heavy atom. The Morgan fingerprint density at radius 1 is 1.02 bits per heavy atom. The molecule has 0 saturated heterocycles. The number of amides is 3. The van der Waals surface area contributed by atoms with E-state index in [2.05, 4.69) is 10.6 Å². The van der Waals surface area contributed by atoms with Gasteiger partial charge in [0, 0.05) is 43.0 Å². The van der Waals surface area contributed by atoms with Crippen LogP contribution in [-0.4, -0.2) is 72.5 Å². The Balaban J connectivity index is 1.32. The van der Waals surface area contributed by atoms with Gasteiger partial charge in [-0.2, -0.15) is 13.2 Å². The summed E-state index contributed by atoms with van der Waals surface area (Å²) in [6.45, 7) is 4.65. The first-order valence-electron chi connectivity index (χ1n) is 14.5. The van der Waals surface area contributed by atoms with Crippen molar-refractivity contribution in [2.75, 3.05) is 44.2 Å². The third kappa shape index (κ3) is 7.60. The minimum absolute atomic E-state index is 0.108. The minimum Gasteiger partial charge on any atom is -0.488 e. The molecule has 240 valence electrons. The molecular weight excluding hydrogens is 593 g/mol. The summed E-state index contributed by atoms with van der Waals surface area (Å²) in [5.41, 5.74) is 1.07. The molecule has 3 aromatic rings. The SMILES string of the molecule is C[C@H]1CN([C@@H](C)CO)C(=O)c2cc(NC(=O)Nc3ccc4c(c3)OCO4)ccc2O[C@H]1CN(C)Cc1ccc(C(F)(F)F)cc1. The molecule has 0 bridgehead atoms. The summed E-state index contributed by atoms with van der Waals surface area (Å²) in [4.78, 5) is 30.1. The van der Waals surface area contributed by atoms with Crippen LogP contribution in [0.4, 0.5) is 29.3 Å². The standard InChI is InChI=1S/C32H35F3N4O6/c1-19-14-39(20(2)17-40)30(41)25-12-23(36-31(42)37-24-9-11-27-28(13-24)44-18-43-27)8-10-26(25)45-29(19)16-38(3)15-21-4-6-22(7-5-21)32(33,34)35/h4-13,19-20,29,40H,14-18H2,1-3H3,(H2,36,37,42)/t19-,20-,29-/m0/s1. The van der Waals surface area contributed by atoms with Crippen LogP contribution in [0.5, 0.6) is 17.2 Å². The summed E-state index contributed by atoms with van der Waals surface area (Å²) in [7, 11) is 1.85. The van der Waals surface area contributed by atoms with E-state index in [1.165, 1.54) is 18.2 Å². The average Bonchev–Trinajstić information content (AvgIpc) is 3.46. The minimum atomic E-state index is -4.40. The van der Waals surface area contributed by atoms with Gasteiger partial charge in [-0.15, -0.1) is 0 Å². The Kier molecular flexibility index (Phi) is 9.40. The summed E-state index contributed by atoms with van der Waals surface area (Å²) in [6.07, 6.45) is -4.81. The summed E-state index contributed by atoms with van der Waals surface area (Å²) in [5.74, 6) is 0.910. The molecule has 0 spiro atoms. The molecule has 2 aliphatic rings. The second-order valence-corrected chi connectivity index (χ2v) is 11.4. The van der Waals surface area contributed by atoms with Crippen molar-refractivity contribution in [2.45, 2.75) is 38.7 Å². The maximum atomic E-state index is 13.7. The summed E-state index contributed by atoms with van der Waals surface area (Å²) in [5, 5.41) is 15.4. The highest BCUT2D eigenvalue weighted by Gasteiger charge is 2.34. The summed E-state index contributed by atoms with van der Waals surface area (Å²) < 4.78 is 56.0. The van der Waals surface area contributed by atoms with Gasteiger partial charge in [-0.25, -0.2) is 4.79 Å². The molecule has 45 heavy (non-hydrogen) atoms. The number of nitrogens with zero attached hydrogens (tertiary/aromatic N) is 2. The Hall–Kier alpha value is -4.49. The van der Waals surface area contributed by atoms with E-state index in [4.69, 9.17) is 14.2 Å². The lowest BCUT2D eigenvalue weighted by Gasteiger charge is -2.38. The molecule has 0 fully saturated rings. The van der Waals surface area contributed by atoms with Gasteiger partial charge in [0.05, 0.1) is 23.8 Å². The van der Waals surface area contributed by atoms with Crippen molar-refractivity contribution in [2.24, 2.45) is 5.92 Å². The number of urea groups is 1. The van der Waals surface area contributed by atoms with Crippen LogP contribution in [0.15, 0.2) is 60.7 Å². The van der Waals surface area contributed by atoms with Crippen LogP contribution in [0.3, 0.4) is 0 Å². The van der Waals surface area contributed by atoms with Crippen LogP contribution in [-0.2, 0) is 12.7 Å². The van der Waals surface area contributed by atoms with Gasteiger partial charge in [0.2, 0.25) is 6.79 Å². The second-order valence-electron chi connectivity index (χ2n) is 11.4. The number of hydrogen-bond acceptors (Lipinski definition) is 7. The van der Waals surface area contributed by atoms with E-state index < -0.39 is 29.9 Å². The quantitative estimate of drug-likeness (QED) is 0.305. The molecular formula is C32H35F3N4O6. The smallest absolute Gasteiger partial charge is 0.416 e. The van der Waals surface area contributed by atoms with E-state index in [1.807, 2.05) is 18.9 Å². The van der Waals surface area contributed by atoms with Crippen molar-refractivity contribution in [3.05, 3.63) is 77.4 Å². The number of aliphatic hydroxyl groups excluding tert-OH is 1. The molecule has 0 radical (unpaired) electrons. The van der Waals surface area contributed by atoms with E-state index in [-0.39, 0.29) is 30.8 Å². The first-order chi connectivity index (χ1) is 21.4. The molecule has 2 heterocycles. The van der Waals surface area contributed by atoms with Crippen molar-refractivity contribution in [1.29, 1.82) is 0 Å². The number of aliphatic hydroxyl groups is 1. The van der Waals surface area contributed by atoms with Crippen LogP contribution in [0.1, 0.15) is 35.3 Å². The van der Waals surface area contributed by atoms with Crippen molar-refractivity contribution in [1.82, 2.24) is 9.80 Å². The number of carbonyl (C=O) groups excluding carboxylic acids is 2. The largest absolute Gasteiger partial charge is 0.488 e. The highest BCUT2D eigenvalue weighted by molar-refractivity contribution is 6.02. The number of fused-ring (bicyclic) bond motifs is 2. The van der Waals surface area contributed by atoms with Gasteiger partial charge < -0.3 is 34.9 Å². The molecule has 10 nitrogen and oxygen atoms in total. The fourth-order valence-electron chi connectivity index (χ4n) is 5.27. The van der Waals surface area contributed by atoms with Gasteiger partial charge >= 0.3 is 12.2 Å². The Labute approximate surface area is 258 Å². The summed E-state index contributed by atoms with van der Waals surface area (Å²) in [6, 6.07) is 13.8. The fourth-order valence-corrected chi connectivity index (χ4v) is 5.27. The van der Waals surface area contributed by atoms with Crippen molar-refractivity contribution < 1.29 is 42.1 Å². The zero-order chi connectivity index (χ0) is 32.3. The van der Waals surface area contributed by atoms with Crippen LogP contribution in [0, 0.1) is 5.92 Å². The maximum Gasteiger partial charge on any atom is 0.416 e. The van der Waals surface area contributed by atoms with E-state index in [1.54, 1.807) is 42.2 Å². The predicted octanol–water partition coefficient (Wildman–Crippen LogP) is 5.43. The average molecular weight is 629 g/mol. The number of anilines is 2. The zero-order valence-corrected chi connectivity index (χ0v) is 25.1. The van der Waals surface area contributed by atoms with Gasteiger partial charge in [0.15, 0.2) is 11.5 Å². The number of hydrogen-bond donors (Lipinski definition) is 3. The molecule has 5 rings (SSSR count). The van der Waals surface area contributed by atoms with Gasteiger partial charge in [0.1, 0.15) is 11.9 Å². The number of alkyl halides is 3. The van der Waals surface area contributed by atoms with Crippen LogP contribution < -0.4 is 24.8 Å². The topological polar surface area (TPSA) is 113 Å². The monoisotopic (exact) mass is 628 g/mol. The molecule has 0 unspecified atom stereocenters. The van der Waals surface area contributed by atoms with E-state index in [0.717, 1.165) is 12.1 Å². The molecule has 0 aliphatic carbocycles. The number of ether oxygens (including phenoxy) is 3. The molecule has 3 atom stereocenters. The van der Waals surface area contributed by atoms with Crippen LogP contribution in [0.2, 0.25) is 0 Å². The third-order valence-electron chi connectivity index (χ3n) is 7.78. The first-order valence-corrected chi connectivity index (χ1v) is 14.5. The van der Waals surface area contributed by atoms with Gasteiger partial charge in [-0.1, -0.05) is 19.1 Å². The van der Waals surface area contributed by atoms with E-state index in [9.17, 15) is 27.9 Å². The normalized spacial score (nSPS) is 18.5. The first kappa shape index (κ1) is 31.9. The lowest BCUT2D eigenvalue weighted by Crippen LogP contribution is -2.49. The van der Waals surface area contributed by atoms with Crippen LogP contribution >= 0.6 is 0 Å². The van der Waals surface area contributed by atoms with Gasteiger partial charge in [0.25, 0.3) is 5.91 Å². The Morgan fingerprint density at radius 2 is 1.67 bits per heavy atom. The second kappa shape index (κ2) is 13.2. The number of carbonyl (C=O) groups is 2.